The number of aryl methyl sites for hydroxylation is 1. The number of carbonyl (C=O) groups is 1. The molecule has 122 valence electrons. The fraction of sp³-hybridized carbons (Fsp3) is 0.250. The first-order valence-electron chi connectivity index (χ1n) is 8.31. The number of hydrogen-bond acceptors (Lipinski definition) is 1. The summed E-state index contributed by atoms with van der Waals surface area (Å²) in [5.41, 5.74) is 4.84. The molecule has 1 amide bonds. The van der Waals surface area contributed by atoms with Gasteiger partial charge in [0.15, 0.2) is 0 Å². The molecule has 0 aliphatic heterocycles. The SMILES string of the molecule is O=C(NCc1ccc(Cl)cc1)C1CCc2[nH]c3ccccc3c2C1. The summed E-state index contributed by atoms with van der Waals surface area (Å²) in [6, 6.07) is 15.9. The maximum absolute atomic E-state index is 12.6. The molecule has 0 bridgehead atoms. The van der Waals surface area contributed by atoms with Crippen molar-refractivity contribution in [3.63, 3.8) is 0 Å². The number of halogens is 1. The lowest BCUT2D eigenvalue weighted by Crippen LogP contribution is -2.33. The third kappa shape index (κ3) is 2.92. The molecular formula is C20H19ClN2O. The summed E-state index contributed by atoms with van der Waals surface area (Å²) < 4.78 is 0. The number of hydrogen-bond donors (Lipinski definition) is 2. The first-order chi connectivity index (χ1) is 11.7. The number of benzene rings is 2. The smallest absolute Gasteiger partial charge is 0.223 e. The van der Waals surface area contributed by atoms with E-state index in [4.69, 9.17) is 11.6 Å². The Morgan fingerprint density at radius 2 is 1.96 bits per heavy atom. The van der Waals surface area contributed by atoms with Crippen molar-refractivity contribution in [2.45, 2.75) is 25.8 Å². The van der Waals surface area contributed by atoms with Crippen molar-refractivity contribution in [1.29, 1.82) is 0 Å². The molecule has 0 fully saturated rings. The van der Waals surface area contributed by atoms with Crippen LogP contribution in [-0.2, 0) is 24.2 Å². The number of amides is 1. The van der Waals surface area contributed by atoms with Crippen molar-refractivity contribution < 1.29 is 4.79 Å². The zero-order valence-electron chi connectivity index (χ0n) is 13.3. The van der Waals surface area contributed by atoms with Crippen molar-refractivity contribution in [3.8, 4) is 0 Å². The van der Waals surface area contributed by atoms with E-state index in [0.29, 0.717) is 11.6 Å². The average Bonchev–Trinajstić information content (AvgIpc) is 2.99. The molecule has 1 atom stereocenters. The van der Waals surface area contributed by atoms with Gasteiger partial charge in [0.25, 0.3) is 0 Å². The minimum Gasteiger partial charge on any atom is -0.358 e. The van der Waals surface area contributed by atoms with Gasteiger partial charge in [-0.25, -0.2) is 0 Å². The van der Waals surface area contributed by atoms with E-state index in [1.165, 1.54) is 22.2 Å². The lowest BCUT2D eigenvalue weighted by molar-refractivity contribution is -0.125. The molecule has 0 saturated heterocycles. The van der Waals surface area contributed by atoms with E-state index in [-0.39, 0.29) is 11.8 Å². The van der Waals surface area contributed by atoms with Crippen LogP contribution in [0.2, 0.25) is 5.02 Å². The third-order valence-corrected chi connectivity index (χ3v) is 5.10. The van der Waals surface area contributed by atoms with Gasteiger partial charge in [0, 0.05) is 34.1 Å². The second kappa shape index (κ2) is 6.33. The monoisotopic (exact) mass is 338 g/mol. The van der Waals surface area contributed by atoms with Gasteiger partial charge in [0.05, 0.1) is 0 Å². The Labute approximate surface area is 146 Å². The standard InChI is InChI=1S/C20H19ClN2O/c21-15-8-5-13(6-9-15)12-22-20(24)14-7-10-19-17(11-14)16-3-1-2-4-18(16)23-19/h1-6,8-9,14,23H,7,10-12H2,(H,22,24). The summed E-state index contributed by atoms with van der Waals surface area (Å²) in [6.45, 7) is 0.549. The van der Waals surface area contributed by atoms with E-state index in [1.807, 2.05) is 30.3 Å². The van der Waals surface area contributed by atoms with E-state index >= 15 is 0 Å². The molecular weight excluding hydrogens is 320 g/mol. The summed E-state index contributed by atoms with van der Waals surface area (Å²) in [5.74, 6) is 0.185. The Morgan fingerprint density at radius 3 is 2.79 bits per heavy atom. The number of carbonyl (C=O) groups excluding carboxylic acids is 1. The molecule has 4 rings (SSSR count). The van der Waals surface area contributed by atoms with Gasteiger partial charge in [0.2, 0.25) is 5.91 Å². The van der Waals surface area contributed by atoms with Crippen LogP contribution in [0.25, 0.3) is 10.9 Å². The van der Waals surface area contributed by atoms with Crippen LogP contribution in [0.4, 0.5) is 0 Å². The molecule has 4 heteroatoms. The Hall–Kier alpha value is -2.26. The fourth-order valence-corrected chi connectivity index (χ4v) is 3.65. The van der Waals surface area contributed by atoms with Gasteiger partial charge >= 0.3 is 0 Å². The van der Waals surface area contributed by atoms with Crippen molar-refractivity contribution >= 4 is 28.4 Å². The number of rotatable bonds is 3. The zero-order chi connectivity index (χ0) is 16.5. The van der Waals surface area contributed by atoms with Crippen molar-refractivity contribution in [2.24, 2.45) is 5.92 Å². The van der Waals surface area contributed by atoms with Crippen LogP contribution in [0.15, 0.2) is 48.5 Å². The van der Waals surface area contributed by atoms with Gasteiger partial charge < -0.3 is 10.3 Å². The number of nitrogens with one attached hydrogen (secondary N) is 2. The molecule has 3 aromatic rings. The number of aromatic nitrogens is 1. The van der Waals surface area contributed by atoms with Crippen LogP contribution >= 0.6 is 11.6 Å². The lowest BCUT2D eigenvalue weighted by Gasteiger charge is -2.22. The number of para-hydroxylation sites is 1. The Morgan fingerprint density at radius 1 is 1.17 bits per heavy atom. The predicted octanol–water partition coefficient (Wildman–Crippen LogP) is 4.24. The van der Waals surface area contributed by atoms with Crippen LogP contribution in [0.5, 0.6) is 0 Å². The number of fused-ring (bicyclic) bond motifs is 3. The highest BCUT2D eigenvalue weighted by Crippen LogP contribution is 2.31. The Bertz CT molecular complexity index is 882. The quantitative estimate of drug-likeness (QED) is 0.737. The summed E-state index contributed by atoms with van der Waals surface area (Å²) in [6.07, 6.45) is 2.64. The molecule has 24 heavy (non-hydrogen) atoms. The van der Waals surface area contributed by atoms with E-state index in [9.17, 15) is 4.79 Å². The van der Waals surface area contributed by atoms with Gasteiger partial charge in [-0.1, -0.05) is 41.9 Å². The van der Waals surface area contributed by atoms with Crippen LogP contribution in [-0.4, -0.2) is 10.9 Å². The van der Waals surface area contributed by atoms with E-state index in [0.717, 1.165) is 24.8 Å². The van der Waals surface area contributed by atoms with Crippen molar-refractivity contribution in [3.05, 3.63) is 70.4 Å². The average molecular weight is 339 g/mol. The highest BCUT2D eigenvalue weighted by atomic mass is 35.5. The summed E-state index contributed by atoms with van der Waals surface area (Å²) in [7, 11) is 0. The normalized spacial score (nSPS) is 16.8. The minimum absolute atomic E-state index is 0.0454. The first kappa shape index (κ1) is 15.3. The molecule has 1 aromatic heterocycles. The van der Waals surface area contributed by atoms with Gasteiger partial charge in [-0.2, -0.15) is 0 Å². The molecule has 1 heterocycles. The van der Waals surface area contributed by atoms with Gasteiger partial charge in [-0.3, -0.25) is 4.79 Å². The molecule has 3 nitrogen and oxygen atoms in total. The topological polar surface area (TPSA) is 44.9 Å². The van der Waals surface area contributed by atoms with E-state index in [1.54, 1.807) is 0 Å². The summed E-state index contributed by atoms with van der Waals surface area (Å²) in [5, 5.41) is 5.03. The summed E-state index contributed by atoms with van der Waals surface area (Å²) >= 11 is 5.89. The van der Waals surface area contributed by atoms with Crippen LogP contribution in [0.3, 0.4) is 0 Å². The van der Waals surface area contributed by atoms with Crippen molar-refractivity contribution in [2.75, 3.05) is 0 Å². The fourth-order valence-electron chi connectivity index (χ4n) is 3.53. The molecule has 1 aliphatic carbocycles. The highest BCUT2D eigenvalue weighted by molar-refractivity contribution is 6.30. The Kier molecular flexibility index (Phi) is 4.03. The maximum Gasteiger partial charge on any atom is 0.223 e. The molecule has 0 spiro atoms. The number of H-pyrrole nitrogens is 1. The highest BCUT2D eigenvalue weighted by Gasteiger charge is 2.27. The van der Waals surface area contributed by atoms with E-state index in [2.05, 4.69) is 28.5 Å². The third-order valence-electron chi connectivity index (χ3n) is 4.85. The summed E-state index contributed by atoms with van der Waals surface area (Å²) in [4.78, 5) is 16.1. The van der Waals surface area contributed by atoms with E-state index < -0.39 is 0 Å². The lowest BCUT2D eigenvalue weighted by atomic mass is 9.86. The van der Waals surface area contributed by atoms with Gasteiger partial charge in [-0.15, -0.1) is 0 Å². The largest absolute Gasteiger partial charge is 0.358 e. The number of aromatic amines is 1. The minimum atomic E-state index is 0.0454. The molecule has 0 saturated carbocycles. The second-order valence-electron chi connectivity index (χ2n) is 6.41. The predicted molar refractivity (Wildman–Crippen MR) is 97.1 cm³/mol. The van der Waals surface area contributed by atoms with Gasteiger partial charge in [-0.05, 0) is 48.6 Å². The van der Waals surface area contributed by atoms with Crippen LogP contribution < -0.4 is 5.32 Å². The second-order valence-corrected chi connectivity index (χ2v) is 6.85. The zero-order valence-corrected chi connectivity index (χ0v) is 14.1. The molecule has 2 aromatic carbocycles. The van der Waals surface area contributed by atoms with Crippen LogP contribution in [0.1, 0.15) is 23.2 Å². The first-order valence-corrected chi connectivity index (χ1v) is 8.69. The Balaban J connectivity index is 1.45. The van der Waals surface area contributed by atoms with Crippen LogP contribution in [0, 0.1) is 5.92 Å². The molecule has 0 radical (unpaired) electrons. The van der Waals surface area contributed by atoms with Crippen molar-refractivity contribution in [1.82, 2.24) is 10.3 Å². The molecule has 2 N–H and O–H groups in total. The maximum atomic E-state index is 12.6. The molecule has 1 aliphatic rings. The van der Waals surface area contributed by atoms with Gasteiger partial charge in [0.1, 0.15) is 0 Å². The molecule has 1 unspecified atom stereocenters.